The standard InChI is InChI=1S/C23H27Cl3FN3O4S/c1-5-14(2)28-23(32)15(3)29(12-17-18(24)7-6-8-19(17)25)22(31)13-30(35(4,33)34)16-9-10-21(27)20(26)11-16/h6-11,14-15H,5,12-13H2,1-4H3,(H,28,32)/t14-,15+/m0/s1. The Morgan fingerprint density at radius 1 is 1.06 bits per heavy atom. The summed E-state index contributed by atoms with van der Waals surface area (Å²) < 4.78 is 39.5. The molecule has 0 aliphatic rings. The first kappa shape index (κ1) is 29.2. The van der Waals surface area contributed by atoms with Crippen molar-refractivity contribution >= 4 is 62.3 Å². The summed E-state index contributed by atoms with van der Waals surface area (Å²) in [7, 11) is -3.98. The molecule has 7 nitrogen and oxygen atoms in total. The van der Waals surface area contributed by atoms with Gasteiger partial charge in [-0.15, -0.1) is 0 Å². The first-order chi connectivity index (χ1) is 16.3. The van der Waals surface area contributed by atoms with E-state index in [1.54, 1.807) is 18.2 Å². The number of amides is 2. The fourth-order valence-electron chi connectivity index (χ4n) is 3.16. The van der Waals surface area contributed by atoms with Crippen molar-refractivity contribution in [2.75, 3.05) is 17.1 Å². The summed E-state index contributed by atoms with van der Waals surface area (Å²) in [6.45, 7) is 4.45. The Balaban J connectivity index is 2.47. The Morgan fingerprint density at radius 3 is 2.17 bits per heavy atom. The highest BCUT2D eigenvalue weighted by Gasteiger charge is 2.31. The second-order valence-corrected chi connectivity index (χ2v) is 11.2. The van der Waals surface area contributed by atoms with Crippen LogP contribution in [-0.4, -0.2) is 50.0 Å². The minimum absolute atomic E-state index is 0.000291. The van der Waals surface area contributed by atoms with E-state index in [1.807, 2.05) is 13.8 Å². The molecule has 2 rings (SSSR count). The molecular formula is C23H27Cl3FN3O4S. The minimum Gasteiger partial charge on any atom is -0.352 e. The van der Waals surface area contributed by atoms with Gasteiger partial charge in [0.15, 0.2) is 0 Å². The van der Waals surface area contributed by atoms with Crippen LogP contribution in [0.5, 0.6) is 0 Å². The molecule has 0 heterocycles. The van der Waals surface area contributed by atoms with Crippen molar-refractivity contribution in [1.82, 2.24) is 10.2 Å². The number of hydrogen-bond donors (Lipinski definition) is 1. The van der Waals surface area contributed by atoms with Crippen molar-refractivity contribution in [1.29, 1.82) is 0 Å². The number of halogens is 4. The molecule has 0 fully saturated rings. The molecule has 0 aromatic heterocycles. The third kappa shape index (κ3) is 7.70. The predicted molar refractivity (Wildman–Crippen MR) is 138 cm³/mol. The van der Waals surface area contributed by atoms with Crippen molar-refractivity contribution in [2.45, 2.75) is 45.8 Å². The smallest absolute Gasteiger partial charge is 0.244 e. The molecular weight excluding hydrogens is 540 g/mol. The molecule has 2 aromatic rings. The molecule has 0 unspecified atom stereocenters. The summed E-state index contributed by atoms with van der Waals surface area (Å²) in [5.74, 6) is -1.86. The third-order valence-corrected chi connectivity index (χ3v) is 7.57. The lowest BCUT2D eigenvalue weighted by Crippen LogP contribution is -2.52. The number of benzene rings is 2. The Labute approximate surface area is 220 Å². The Morgan fingerprint density at radius 2 is 1.66 bits per heavy atom. The number of nitrogens with one attached hydrogen (secondary N) is 1. The largest absolute Gasteiger partial charge is 0.352 e. The molecule has 0 spiro atoms. The van der Waals surface area contributed by atoms with Crippen LogP contribution in [0.15, 0.2) is 36.4 Å². The van der Waals surface area contributed by atoms with Gasteiger partial charge in [0.25, 0.3) is 0 Å². The van der Waals surface area contributed by atoms with E-state index in [1.165, 1.54) is 17.9 Å². The van der Waals surface area contributed by atoms with Crippen molar-refractivity contribution in [2.24, 2.45) is 0 Å². The molecule has 0 saturated heterocycles. The van der Waals surface area contributed by atoms with Gasteiger partial charge in [-0.25, -0.2) is 12.8 Å². The van der Waals surface area contributed by atoms with Crippen LogP contribution >= 0.6 is 34.8 Å². The monoisotopic (exact) mass is 565 g/mol. The molecule has 2 aromatic carbocycles. The molecule has 12 heteroatoms. The fourth-order valence-corrected chi connectivity index (χ4v) is 4.69. The maximum atomic E-state index is 13.7. The lowest BCUT2D eigenvalue weighted by Gasteiger charge is -2.32. The number of hydrogen-bond acceptors (Lipinski definition) is 4. The first-order valence-corrected chi connectivity index (χ1v) is 13.7. The molecule has 2 atom stereocenters. The average molecular weight is 567 g/mol. The Hall–Kier alpha value is -2.07. The second-order valence-electron chi connectivity index (χ2n) is 8.08. The Kier molecular flexibility index (Phi) is 10.2. The SMILES string of the molecule is CC[C@H](C)NC(=O)[C@@H](C)N(Cc1c(Cl)cccc1Cl)C(=O)CN(c1ccc(F)c(Cl)c1)S(C)(=O)=O. The quantitative estimate of drug-likeness (QED) is 0.444. The first-order valence-electron chi connectivity index (χ1n) is 10.7. The summed E-state index contributed by atoms with van der Waals surface area (Å²) in [6, 6.07) is 7.02. The summed E-state index contributed by atoms with van der Waals surface area (Å²) in [4.78, 5) is 27.6. The average Bonchev–Trinajstić information content (AvgIpc) is 2.77. The third-order valence-electron chi connectivity index (χ3n) is 5.43. The molecule has 1 N–H and O–H groups in total. The van der Waals surface area contributed by atoms with E-state index in [4.69, 9.17) is 34.8 Å². The number of carbonyl (C=O) groups excluding carboxylic acids is 2. The summed E-state index contributed by atoms with van der Waals surface area (Å²) in [6.07, 6.45) is 1.59. The lowest BCUT2D eigenvalue weighted by atomic mass is 10.1. The number of sulfonamides is 1. The maximum absolute atomic E-state index is 13.7. The summed E-state index contributed by atoms with van der Waals surface area (Å²) >= 11 is 18.4. The highest BCUT2D eigenvalue weighted by Crippen LogP contribution is 2.28. The number of nitrogens with zero attached hydrogens (tertiary/aromatic N) is 2. The van der Waals surface area contributed by atoms with Crippen LogP contribution in [0.2, 0.25) is 15.1 Å². The van der Waals surface area contributed by atoms with Crippen LogP contribution in [0.4, 0.5) is 10.1 Å². The van der Waals surface area contributed by atoms with Crippen LogP contribution in [0.1, 0.15) is 32.8 Å². The van der Waals surface area contributed by atoms with Gasteiger partial charge >= 0.3 is 0 Å². The van der Waals surface area contributed by atoms with E-state index < -0.39 is 40.2 Å². The van der Waals surface area contributed by atoms with Gasteiger partial charge in [0.2, 0.25) is 21.8 Å². The van der Waals surface area contributed by atoms with E-state index in [9.17, 15) is 22.4 Å². The van der Waals surface area contributed by atoms with E-state index in [2.05, 4.69) is 5.32 Å². The summed E-state index contributed by atoms with van der Waals surface area (Å²) in [5, 5.41) is 3.09. The number of carbonyl (C=O) groups is 2. The van der Waals surface area contributed by atoms with Crippen LogP contribution in [-0.2, 0) is 26.2 Å². The highest BCUT2D eigenvalue weighted by molar-refractivity contribution is 7.92. The van der Waals surface area contributed by atoms with Gasteiger partial charge in [-0.2, -0.15) is 0 Å². The zero-order valence-electron chi connectivity index (χ0n) is 19.7. The van der Waals surface area contributed by atoms with Crippen LogP contribution in [0, 0.1) is 5.82 Å². The van der Waals surface area contributed by atoms with Crippen LogP contribution in [0.25, 0.3) is 0 Å². The van der Waals surface area contributed by atoms with Gasteiger partial charge in [0.05, 0.1) is 17.0 Å². The highest BCUT2D eigenvalue weighted by atomic mass is 35.5. The zero-order valence-corrected chi connectivity index (χ0v) is 22.8. The predicted octanol–water partition coefficient (Wildman–Crippen LogP) is 4.88. The summed E-state index contributed by atoms with van der Waals surface area (Å²) in [5.41, 5.74) is 0.405. The van der Waals surface area contributed by atoms with Crippen LogP contribution in [0.3, 0.4) is 0 Å². The van der Waals surface area contributed by atoms with Gasteiger partial charge in [-0.05, 0) is 50.6 Å². The van der Waals surface area contributed by atoms with E-state index in [0.29, 0.717) is 12.0 Å². The normalized spacial score (nSPS) is 13.1. The Bertz CT molecular complexity index is 1180. The molecule has 35 heavy (non-hydrogen) atoms. The van der Waals surface area contributed by atoms with Gasteiger partial charge < -0.3 is 10.2 Å². The zero-order chi connectivity index (χ0) is 26.5. The molecule has 0 aliphatic carbocycles. The minimum atomic E-state index is -3.98. The topological polar surface area (TPSA) is 86.8 Å². The van der Waals surface area contributed by atoms with E-state index in [0.717, 1.165) is 22.7 Å². The van der Waals surface area contributed by atoms with Crippen molar-refractivity contribution in [3.05, 3.63) is 62.8 Å². The molecule has 192 valence electrons. The molecule has 0 saturated carbocycles. The van der Waals surface area contributed by atoms with E-state index >= 15 is 0 Å². The van der Waals surface area contributed by atoms with Crippen LogP contribution < -0.4 is 9.62 Å². The van der Waals surface area contributed by atoms with Crippen molar-refractivity contribution in [3.63, 3.8) is 0 Å². The number of rotatable bonds is 10. The number of anilines is 1. The lowest BCUT2D eigenvalue weighted by molar-refractivity contribution is -0.139. The van der Waals surface area contributed by atoms with Crippen molar-refractivity contribution < 1.29 is 22.4 Å². The molecule has 0 bridgehead atoms. The second kappa shape index (κ2) is 12.3. The van der Waals surface area contributed by atoms with Gasteiger partial charge in [-0.3, -0.25) is 13.9 Å². The molecule has 2 amide bonds. The fraction of sp³-hybridized carbons (Fsp3) is 0.391. The van der Waals surface area contributed by atoms with Crippen molar-refractivity contribution in [3.8, 4) is 0 Å². The maximum Gasteiger partial charge on any atom is 0.244 e. The van der Waals surface area contributed by atoms with E-state index in [-0.39, 0.29) is 33.3 Å². The van der Waals surface area contributed by atoms with Gasteiger partial charge in [0.1, 0.15) is 18.4 Å². The molecule has 0 radical (unpaired) electrons. The van der Waals surface area contributed by atoms with Gasteiger partial charge in [0, 0.05) is 28.2 Å². The molecule has 0 aliphatic heterocycles. The van der Waals surface area contributed by atoms with Gasteiger partial charge in [-0.1, -0.05) is 47.8 Å².